The number of benzene rings is 2. The fourth-order valence-electron chi connectivity index (χ4n) is 2.38. The van der Waals surface area contributed by atoms with Gasteiger partial charge in [-0.1, -0.05) is 35.9 Å². The summed E-state index contributed by atoms with van der Waals surface area (Å²) in [5, 5.41) is 0.980. The van der Waals surface area contributed by atoms with Gasteiger partial charge in [0.25, 0.3) is 0 Å². The first-order valence-electron chi connectivity index (χ1n) is 6.35. The highest BCUT2D eigenvalue weighted by Crippen LogP contribution is 2.22. The number of fused-ring (bicyclic) bond motifs is 1. The summed E-state index contributed by atoms with van der Waals surface area (Å²) in [6.45, 7) is 3.98. The molecule has 0 saturated heterocycles. The number of rotatable bonds is 2. The number of aromatic nitrogens is 1. The fourth-order valence-corrected chi connectivity index (χ4v) is 2.38. The second-order valence-corrected chi connectivity index (χ2v) is 4.90. The van der Waals surface area contributed by atoms with Gasteiger partial charge < -0.3 is 4.98 Å². The summed E-state index contributed by atoms with van der Waals surface area (Å²) in [5.74, 6) is 0.0821. The molecule has 2 heteroatoms. The summed E-state index contributed by atoms with van der Waals surface area (Å²) in [5.41, 5.74) is 4.64. The average molecular weight is 249 g/mol. The molecule has 0 aliphatic carbocycles. The van der Waals surface area contributed by atoms with Crippen LogP contribution in [0.25, 0.3) is 10.9 Å². The van der Waals surface area contributed by atoms with Crippen molar-refractivity contribution < 1.29 is 4.79 Å². The number of ketones is 1. The quantitative estimate of drug-likeness (QED) is 0.684. The molecule has 2 nitrogen and oxygen atoms in total. The topological polar surface area (TPSA) is 32.9 Å². The van der Waals surface area contributed by atoms with Crippen LogP contribution >= 0.6 is 0 Å². The van der Waals surface area contributed by atoms with Crippen LogP contribution in [0.4, 0.5) is 0 Å². The fraction of sp³-hybridized carbons (Fsp3) is 0.118. The van der Waals surface area contributed by atoms with Crippen molar-refractivity contribution in [3.05, 3.63) is 70.9 Å². The average Bonchev–Trinajstić information content (AvgIpc) is 2.84. The summed E-state index contributed by atoms with van der Waals surface area (Å²) in [6.07, 6.45) is 1.80. The molecule has 1 aromatic heterocycles. The van der Waals surface area contributed by atoms with E-state index in [1.54, 1.807) is 6.20 Å². The Kier molecular flexibility index (Phi) is 2.71. The van der Waals surface area contributed by atoms with E-state index in [2.05, 4.69) is 4.98 Å². The Morgan fingerprint density at radius 1 is 1.00 bits per heavy atom. The molecule has 2 aromatic carbocycles. The normalized spacial score (nSPS) is 10.8. The lowest BCUT2D eigenvalue weighted by Crippen LogP contribution is -2.03. The number of aromatic amines is 1. The largest absolute Gasteiger partial charge is 0.360 e. The minimum Gasteiger partial charge on any atom is -0.360 e. The van der Waals surface area contributed by atoms with E-state index in [1.165, 1.54) is 0 Å². The van der Waals surface area contributed by atoms with Gasteiger partial charge in [0.05, 0.1) is 0 Å². The van der Waals surface area contributed by atoms with Crippen LogP contribution in [0.1, 0.15) is 27.0 Å². The standard InChI is InChI=1S/C17H15NO/c1-11-7-8-12(2)14(9-11)17(19)15-10-18-16-6-4-3-5-13(15)16/h3-10,18H,1-2H3. The summed E-state index contributed by atoms with van der Waals surface area (Å²) in [4.78, 5) is 15.8. The lowest BCUT2D eigenvalue weighted by molar-refractivity contribution is 0.103. The Morgan fingerprint density at radius 2 is 1.79 bits per heavy atom. The maximum atomic E-state index is 12.7. The number of hydrogen-bond acceptors (Lipinski definition) is 1. The lowest BCUT2D eigenvalue weighted by Gasteiger charge is -2.05. The zero-order valence-electron chi connectivity index (χ0n) is 11.0. The zero-order chi connectivity index (χ0) is 13.4. The molecule has 0 amide bonds. The van der Waals surface area contributed by atoms with Crippen molar-refractivity contribution in [3.63, 3.8) is 0 Å². The van der Waals surface area contributed by atoms with Crippen molar-refractivity contribution in [2.45, 2.75) is 13.8 Å². The van der Waals surface area contributed by atoms with Crippen LogP contribution in [0.2, 0.25) is 0 Å². The third-order valence-corrected chi connectivity index (χ3v) is 3.47. The molecule has 1 heterocycles. The summed E-state index contributed by atoms with van der Waals surface area (Å²) in [6, 6.07) is 13.9. The van der Waals surface area contributed by atoms with E-state index in [9.17, 15) is 4.79 Å². The van der Waals surface area contributed by atoms with Gasteiger partial charge in [-0.3, -0.25) is 4.79 Å². The first kappa shape index (κ1) is 11.7. The second-order valence-electron chi connectivity index (χ2n) is 4.90. The number of nitrogens with one attached hydrogen (secondary N) is 1. The lowest BCUT2D eigenvalue weighted by atomic mass is 9.97. The van der Waals surface area contributed by atoms with Crippen LogP contribution in [0.5, 0.6) is 0 Å². The van der Waals surface area contributed by atoms with Crippen LogP contribution in [0.3, 0.4) is 0 Å². The highest BCUT2D eigenvalue weighted by Gasteiger charge is 2.15. The molecule has 0 saturated carbocycles. The molecule has 0 atom stereocenters. The van der Waals surface area contributed by atoms with Gasteiger partial charge >= 0.3 is 0 Å². The van der Waals surface area contributed by atoms with E-state index < -0.39 is 0 Å². The van der Waals surface area contributed by atoms with Crippen LogP contribution in [0, 0.1) is 13.8 Å². The smallest absolute Gasteiger partial charge is 0.195 e. The highest BCUT2D eigenvalue weighted by atomic mass is 16.1. The molecule has 1 N–H and O–H groups in total. The summed E-state index contributed by atoms with van der Waals surface area (Å²) in [7, 11) is 0. The third kappa shape index (κ3) is 1.95. The summed E-state index contributed by atoms with van der Waals surface area (Å²) < 4.78 is 0. The van der Waals surface area contributed by atoms with Crippen molar-refractivity contribution in [1.82, 2.24) is 4.98 Å². The van der Waals surface area contributed by atoms with Gasteiger partial charge in [-0.2, -0.15) is 0 Å². The Bertz CT molecular complexity index is 768. The van der Waals surface area contributed by atoms with E-state index >= 15 is 0 Å². The van der Waals surface area contributed by atoms with Crippen LogP contribution in [-0.4, -0.2) is 10.8 Å². The maximum absolute atomic E-state index is 12.7. The van der Waals surface area contributed by atoms with Crippen LogP contribution < -0.4 is 0 Å². The van der Waals surface area contributed by atoms with Crippen LogP contribution in [0.15, 0.2) is 48.7 Å². The number of carbonyl (C=O) groups is 1. The van der Waals surface area contributed by atoms with Crippen molar-refractivity contribution >= 4 is 16.7 Å². The first-order chi connectivity index (χ1) is 9.16. The molecule has 0 spiro atoms. The zero-order valence-corrected chi connectivity index (χ0v) is 11.0. The molecular weight excluding hydrogens is 234 g/mol. The van der Waals surface area contributed by atoms with Gasteiger partial charge in [0.1, 0.15) is 0 Å². The molecule has 3 rings (SSSR count). The van der Waals surface area contributed by atoms with Gasteiger partial charge in [-0.25, -0.2) is 0 Å². The number of H-pyrrole nitrogens is 1. The third-order valence-electron chi connectivity index (χ3n) is 3.47. The Labute approximate surface area is 112 Å². The highest BCUT2D eigenvalue weighted by molar-refractivity contribution is 6.16. The van der Waals surface area contributed by atoms with Gasteiger partial charge in [-0.15, -0.1) is 0 Å². The molecule has 94 valence electrons. The van der Waals surface area contributed by atoms with E-state index in [0.29, 0.717) is 0 Å². The molecule has 0 aliphatic rings. The van der Waals surface area contributed by atoms with Crippen molar-refractivity contribution in [2.24, 2.45) is 0 Å². The van der Waals surface area contributed by atoms with Crippen molar-refractivity contribution in [1.29, 1.82) is 0 Å². The minimum absolute atomic E-state index is 0.0821. The Balaban J connectivity index is 2.16. The van der Waals surface area contributed by atoms with E-state index in [0.717, 1.165) is 33.2 Å². The monoisotopic (exact) mass is 249 g/mol. The number of carbonyl (C=O) groups excluding carboxylic acids is 1. The first-order valence-corrected chi connectivity index (χ1v) is 6.35. The molecule has 0 aliphatic heterocycles. The van der Waals surface area contributed by atoms with Gasteiger partial charge in [0, 0.05) is 28.2 Å². The number of para-hydroxylation sites is 1. The van der Waals surface area contributed by atoms with E-state index in [4.69, 9.17) is 0 Å². The van der Waals surface area contributed by atoms with E-state index in [-0.39, 0.29) is 5.78 Å². The van der Waals surface area contributed by atoms with Crippen molar-refractivity contribution in [3.8, 4) is 0 Å². The molecule has 19 heavy (non-hydrogen) atoms. The molecule has 0 unspecified atom stereocenters. The molecule has 0 fully saturated rings. The molecular formula is C17H15NO. The predicted molar refractivity (Wildman–Crippen MR) is 77.6 cm³/mol. The number of aryl methyl sites for hydroxylation is 2. The van der Waals surface area contributed by atoms with Gasteiger partial charge in [0.2, 0.25) is 0 Å². The molecule has 0 bridgehead atoms. The minimum atomic E-state index is 0.0821. The van der Waals surface area contributed by atoms with Gasteiger partial charge in [-0.05, 0) is 31.5 Å². The second kappa shape index (κ2) is 4.39. The van der Waals surface area contributed by atoms with Crippen LogP contribution in [-0.2, 0) is 0 Å². The SMILES string of the molecule is Cc1ccc(C)c(C(=O)c2c[nH]c3ccccc23)c1. The van der Waals surface area contributed by atoms with Gasteiger partial charge in [0.15, 0.2) is 5.78 Å². The van der Waals surface area contributed by atoms with E-state index in [1.807, 2.05) is 56.3 Å². The number of hydrogen-bond donors (Lipinski definition) is 1. The summed E-state index contributed by atoms with van der Waals surface area (Å²) >= 11 is 0. The Hall–Kier alpha value is -2.35. The molecule has 3 aromatic rings. The maximum Gasteiger partial charge on any atom is 0.195 e. The predicted octanol–water partition coefficient (Wildman–Crippen LogP) is 4.02. The van der Waals surface area contributed by atoms with Crippen molar-refractivity contribution in [2.75, 3.05) is 0 Å². The molecule has 0 radical (unpaired) electrons. The Morgan fingerprint density at radius 3 is 2.63 bits per heavy atom.